The van der Waals surface area contributed by atoms with E-state index in [0.717, 1.165) is 0 Å². The van der Waals surface area contributed by atoms with E-state index in [1.54, 1.807) is 6.92 Å². The van der Waals surface area contributed by atoms with Crippen molar-refractivity contribution < 1.29 is 23.1 Å². The van der Waals surface area contributed by atoms with E-state index in [-0.39, 0.29) is 43.8 Å². The first-order valence-electron chi connectivity index (χ1n) is 8.32. The van der Waals surface area contributed by atoms with Crippen molar-refractivity contribution in [3.8, 4) is 5.88 Å². The molecule has 3 rings (SSSR count). The Morgan fingerprint density at radius 2 is 2.00 bits per heavy atom. The Bertz CT molecular complexity index is 1100. The second-order valence-corrected chi connectivity index (χ2v) is 9.56. The summed E-state index contributed by atoms with van der Waals surface area (Å²) < 4.78 is 26.7. The predicted molar refractivity (Wildman–Crippen MR) is 99.4 cm³/mol. The molecule has 1 aliphatic rings. The number of benzene rings is 1. The maximum absolute atomic E-state index is 12.9. The molecule has 0 saturated carbocycles. The number of halogens is 1. The van der Waals surface area contributed by atoms with Gasteiger partial charge in [0.25, 0.3) is 0 Å². The average molecular weight is 411 g/mol. The molecule has 0 spiro atoms. The second-order valence-electron chi connectivity index (χ2n) is 7.26. The number of hydrogen-bond acceptors (Lipinski definition) is 6. The van der Waals surface area contributed by atoms with Crippen LogP contribution in [0.4, 0.5) is 0 Å². The molecular weight excluding hydrogens is 392 g/mol. The molecule has 7 nitrogen and oxygen atoms in total. The SMILES string of the molecule is CCn1ncc(C(=O)c2cc(C)c3c(c2Cl)C(=O)C(C)(C)CS3(=O)=O)c1O. The molecule has 27 heavy (non-hydrogen) atoms. The van der Waals surface area contributed by atoms with Gasteiger partial charge in [-0.25, -0.2) is 13.1 Å². The average Bonchev–Trinajstić information content (AvgIpc) is 2.93. The third kappa shape index (κ3) is 2.87. The van der Waals surface area contributed by atoms with Crippen LogP contribution in [0.2, 0.25) is 5.02 Å². The van der Waals surface area contributed by atoms with Crippen molar-refractivity contribution in [1.29, 1.82) is 0 Å². The molecule has 1 N–H and O–H groups in total. The predicted octanol–water partition coefficient (Wildman–Crippen LogP) is 2.80. The van der Waals surface area contributed by atoms with Gasteiger partial charge in [0.05, 0.1) is 27.4 Å². The zero-order valence-electron chi connectivity index (χ0n) is 15.3. The van der Waals surface area contributed by atoms with Crippen LogP contribution in [-0.4, -0.2) is 40.6 Å². The van der Waals surface area contributed by atoms with E-state index in [0.29, 0.717) is 6.54 Å². The number of hydrogen-bond donors (Lipinski definition) is 1. The van der Waals surface area contributed by atoms with Crippen molar-refractivity contribution in [1.82, 2.24) is 9.78 Å². The summed E-state index contributed by atoms with van der Waals surface area (Å²) in [5, 5.41) is 13.9. The number of nitrogens with zero attached hydrogens (tertiary/aromatic N) is 2. The van der Waals surface area contributed by atoms with Crippen LogP contribution in [-0.2, 0) is 16.4 Å². The number of ketones is 2. The van der Waals surface area contributed by atoms with Gasteiger partial charge in [0.15, 0.2) is 15.6 Å². The van der Waals surface area contributed by atoms with Gasteiger partial charge in [-0.1, -0.05) is 25.4 Å². The summed E-state index contributed by atoms with van der Waals surface area (Å²) in [5.41, 5.74) is -1.15. The van der Waals surface area contributed by atoms with E-state index in [9.17, 15) is 23.1 Å². The minimum atomic E-state index is -3.73. The first-order valence-corrected chi connectivity index (χ1v) is 10.4. The number of Topliss-reactive ketones (excluding diaryl/α,β-unsaturated/α-hetero) is 1. The number of rotatable bonds is 3. The van der Waals surface area contributed by atoms with Crippen LogP contribution in [0.1, 0.15) is 52.6 Å². The second kappa shape index (κ2) is 6.17. The zero-order chi connectivity index (χ0) is 20.3. The Morgan fingerprint density at radius 3 is 2.56 bits per heavy atom. The Hall–Kier alpha value is -2.19. The normalized spacial score (nSPS) is 17.6. The molecule has 0 bridgehead atoms. The summed E-state index contributed by atoms with van der Waals surface area (Å²) in [6.07, 6.45) is 1.22. The zero-order valence-corrected chi connectivity index (χ0v) is 16.9. The van der Waals surface area contributed by atoms with E-state index in [2.05, 4.69) is 5.10 Å². The molecule has 0 radical (unpaired) electrons. The molecule has 0 fully saturated rings. The molecule has 0 amide bonds. The van der Waals surface area contributed by atoms with Gasteiger partial charge >= 0.3 is 0 Å². The van der Waals surface area contributed by atoms with Crippen LogP contribution in [0, 0.1) is 12.3 Å². The van der Waals surface area contributed by atoms with Crippen LogP contribution in [0.5, 0.6) is 5.88 Å². The van der Waals surface area contributed by atoms with Crippen LogP contribution < -0.4 is 0 Å². The van der Waals surface area contributed by atoms with Gasteiger partial charge < -0.3 is 5.11 Å². The van der Waals surface area contributed by atoms with E-state index < -0.39 is 26.8 Å². The van der Waals surface area contributed by atoms with Crippen LogP contribution >= 0.6 is 11.6 Å². The fraction of sp³-hybridized carbons (Fsp3) is 0.389. The quantitative estimate of drug-likeness (QED) is 0.780. The number of sulfone groups is 1. The lowest BCUT2D eigenvalue weighted by molar-refractivity contribution is 0.0852. The number of aryl methyl sites for hydroxylation is 2. The highest BCUT2D eigenvalue weighted by molar-refractivity contribution is 7.91. The summed E-state index contributed by atoms with van der Waals surface area (Å²) in [5.74, 6) is -1.69. The van der Waals surface area contributed by atoms with Crippen molar-refractivity contribution >= 4 is 33.0 Å². The lowest BCUT2D eigenvalue weighted by atomic mass is 9.84. The summed E-state index contributed by atoms with van der Waals surface area (Å²) in [7, 11) is -3.73. The minimum Gasteiger partial charge on any atom is -0.493 e. The number of aromatic hydroxyl groups is 1. The van der Waals surface area contributed by atoms with Crippen molar-refractivity contribution in [2.24, 2.45) is 5.41 Å². The fourth-order valence-corrected chi connectivity index (χ4v) is 6.07. The molecule has 0 unspecified atom stereocenters. The highest BCUT2D eigenvalue weighted by Crippen LogP contribution is 2.42. The highest BCUT2D eigenvalue weighted by atomic mass is 35.5. The Kier molecular flexibility index (Phi) is 4.47. The van der Waals surface area contributed by atoms with Crippen molar-refractivity contribution in [2.45, 2.75) is 39.1 Å². The molecule has 0 atom stereocenters. The molecule has 1 aromatic carbocycles. The van der Waals surface area contributed by atoms with Crippen LogP contribution in [0.25, 0.3) is 0 Å². The summed E-state index contributed by atoms with van der Waals surface area (Å²) in [4.78, 5) is 25.7. The first kappa shape index (κ1) is 19.6. The third-order valence-electron chi connectivity index (χ3n) is 4.71. The lowest BCUT2D eigenvalue weighted by Crippen LogP contribution is -2.39. The van der Waals surface area contributed by atoms with Crippen LogP contribution in [0.15, 0.2) is 17.2 Å². The molecule has 2 aromatic rings. The standard InChI is InChI=1S/C18H19ClN2O5S/c1-5-21-17(24)11(7-20-21)14(22)10-6-9(2)15-12(13(10)19)16(23)18(3,4)8-27(15,25)26/h6-7,24H,5,8H2,1-4H3. The monoisotopic (exact) mass is 410 g/mol. The molecule has 1 aliphatic heterocycles. The van der Waals surface area contributed by atoms with E-state index in [1.165, 1.54) is 37.7 Å². The highest BCUT2D eigenvalue weighted by Gasteiger charge is 2.45. The Morgan fingerprint density at radius 1 is 1.37 bits per heavy atom. The largest absolute Gasteiger partial charge is 0.493 e. The lowest BCUT2D eigenvalue weighted by Gasteiger charge is -2.31. The van der Waals surface area contributed by atoms with Crippen LogP contribution in [0.3, 0.4) is 0 Å². The van der Waals surface area contributed by atoms with E-state index >= 15 is 0 Å². The number of carbonyl (C=O) groups is 2. The van der Waals surface area contributed by atoms with Gasteiger partial charge in [-0.05, 0) is 25.5 Å². The summed E-state index contributed by atoms with van der Waals surface area (Å²) in [6.45, 7) is 6.70. The Labute approximate surface area is 161 Å². The molecule has 9 heteroatoms. The summed E-state index contributed by atoms with van der Waals surface area (Å²) >= 11 is 6.37. The number of aromatic nitrogens is 2. The van der Waals surface area contributed by atoms with Gasteiger partial charge in [-0.3, -0.25) is 9.59 Å². The van der Waals surface area contributed by atoms with Crippen molar-refractivity contribution in [2.75, 3.05) is 5.75 Å². The fourth-order valence-electron chi connectivity index (χ4n) is 3.41. The topological polar surface area (TPSA) is 106 Å². The van der Waals surface area contributed by atoms with Gasteiger partial charge in [0.2, 0.25) is 11.7 Å². The first-order chi connectivity index (χ1) is 12.4. The van der Waals surface area contributed by atoms with E-state index in [1.807, 2.05) is 0 Å². The maximum Gasteiger partial charge on any atom is 0.220 e. The maximum atomic E-state index is 12.9. The Balaban J connectivity index is 2.29. The van der Waals surface area contributed by atoms with Gasteiger partial charge in [-0.15, -0.1) is 0 Å². The molecule has 0 aliphatic carbocycles. The molecule has 2 heterocycles. The summed E-state index contributed by atoms with van der Waals surface area (Å²) in [6, 6.07) is 1.34. The van der Waals surface area contributed by atoms with E-state index in [4.69, 9.17) is 11.6 Å². The molecule has 1 aromatic heterocycles. The van der Waals surface area contributed by atoms with Gasteiger partial charge in [0, 0.05) is 17.5 Å². The number of carbonyl (C=O) groups excluding carboxylic acids is 2. The molecule has 0 saturated heterocycles. The van der Waals surface area contributed by atoms with Crippen molar-refractivity contribution in [3.05, 3.63) is 39.5 Å². The molecule has 144 valence electrons. The van der Waals surface area contributed by atoms with Crippen molar-refractivity contribution in [3.63, 3.8) is 0 Å². The molecular formula is C18H19ClN2O5S. The van der Waals surface area contributed by atoms with Gasteiger partial charge in [-0.2, -0.15) is 5.10 Å². The third-order valence-corrected chi connectivity index (χ3v) is 7.35. The van der Waals surface area contributed by atoms with Gasteiger partial charge in [0.1, 0.15) is 5.56 Å². The minimum absolute atomic E-state index is 0.0416. The number of fused-ring (bicyclic) bond motifs is 1. The smallest absolute Gasteiger partial charge is 0.220 e.